The number of carbonyl (C=O) groups is 1. The van der Waals surface area contributed by atoms with Gasteiger partial charge in [0, 0.05) is 36.9 Å². The van der Waals surface area contributed by atoms with Crippen LogP contribution in [-0.2, 0) is 0 Å². The first kappa shape index (κ1) is 18.4. The molecule has 0 radical (unpaired) electrons. The van der Waals surface area contributed by atoms with Gasteiger partial charge in [0.1, 0.15) is 5.75 Å². The molecule has 138 valence electrons. The van der Waals surface area contributed by atoms with Gasteiger partial charge >= 0.3 is 6.03 Å². The van der Waals surface area contributed by atoms with Gasteiger partial charge in [0.25, 0.3) is 0 Å². The van der Waals surface area contributed by atoms with Crippen molar-refractivity contribution in [3.63, 3.8) is 0 Å². The maximum absolute atomic E-state index is 12.6. The van der Waals surface area contributed by atoms with Gasteiger partial charge in [-0.05, 0) is 49.2 Å². The quantitative estimate of drug-likeness (QED) is 0.871. The van der Waals surface area contributed by atoms with Gasteiger partial charge in [-0.15, -0.1) is 0 Å². The molecule has 0 aromatic heterocycles. The van der Waals surface area contributed by atoms with Crippen molar-refractivity contribution >= 4 is 29.0 Å². The number of nitrogens with one attached hydrogen (secondary N) is 1. The largest absolute Gasteiger partial charge is 0.495 e. The summed E-state index contributed by atoms with van der Waals surface area (Å²) in [6.07, 6.45) is 0. The second-order valence-corrected chi connectivity index (χ2v) is 6.90. The van der Waals surface area contributed by atoms with Crippen LogP contribution < -0.4 is 15.0 Å². The topological polar surface area (TPSA) is 44.8 Å². The van der Waals surface area contributed by atoms with Gasteiger partial charge in [0.15, 0.2) is 0 Å². The number of ether oxygens (including phenoxy) is 1. The third-order valence-corrected chi connectivity index (χ3v) is 5.13. The second kappa shape index (κ2) is 7.87. The molecule has 1 aliphatic rings. The molecule has 0 spiro atoms. The summed E-state index contributed by atoms with van der Waals surface area (Å²) in [5, 5.41) is 3.71. The van der Waals surface area contributed by atoms with Gasteiger partial charge < -0.3 is 19.9 Å². The van der Waals surface area contributed by atoms with Crippen LogP contribution >= 0.6 is 11.6 Å². The van der Waals surface area contributed by atoms with Crippen LogP contribution in [0, 0.1) is 13.8 Å². The van der Waals surface area contributed by atoms with Gasteiger partial charge in [-0.2, -0.15) is 0 Å². The van der Waals surface area contributed by atoms with Gasteiger partial charge in [0.05, 0.1) is 12.8 Å². The predicted octanol–water partition coefficient (Wildman–Crippen LogP) is 4.32. The van der Waals surface area contributed by atoms with E-state index in [1.165, 1.54) is 5.56 Å². The Kier molecular flexibility index (Phi) is 5.57. The average molecular weight is 374 g/mol. The lowest BCUT2D eigenvalue weighted by Crippen LogP contribution is -2.50. The fourth-order valence-corrected chi connectivity index (χ4v) is 3.31. The lowest BCUT2D eigenvalue weighted by Gasteiger charge is -2.36. The van der Waals surface area contributed by atoms with Crippen LogP contribution in [0.3, 0.4) is 0 Å². The zero-order chi connectivity index (χ0) is 18.7. The minimum atomic E-state index is -0.0589. The first-order chi connectivity index (χ1) is 12.5. The van der Waals surface area contributed by atoms with Gasteiger partial charge in [0.2, 0.25) is 0 Å². The standard InChI is InChI=1S/C20H24ClN3O2/c1-14-5-4-6-17(15(14)2)22-20(25)24-11-9-23(10-12-24)18-13-16(21)7-8-19(18)26-3/h4-8,13H,9-12H2,1-3H3,(H,22,25). The molecule has 1 saturated heterocycles. The van der Waals surface area contributed by atoms with E-state index < -0.39 is 0 Å². The summed E-state index contributed by atoms with van der Waals surface area (Å²) < 4.78 is 5.44. The molecular weight excluding hydrogens is 350 g/mol. The van der Waals surface area contributed by atoms with Crippen LogP contribution in [-0.4, -0.2) is 44.2 Å². The Morgan fingerprint density at radius 2 is 1.85 bits per heavy atom. The highest BCUT2D eigenvalue weighted by Gasteiger charge is 2.23. The summed E-state index contributed by atoms with van der Waals surface area (Å²) in [6.45, 7) is 6.82. The van der Waals surface area contributed by atoms with E-state index in [0.29, 0.717) is 18.1 Å². The van der Waals surface area contributed by atoms with Crippen LogP contribution in [0.5, 0.6) is 5.75 Å². The number of piperazine rings is 1. The number of benzene rings is 2. The maximum Gasteiger partial charge on any atom is 0.321 e. The van der Waals surface area contributed by atoms with Crippen molar-refractivity contribution < 1.29 is 9.53 Å². The Morgan fingerprint density at radius 1 is 1.12 bits per heavy atom. The number of amides is 2. The zero-order valence-electron chi connectivity index (χ0n) is 15.4. The third kappa shape index (κ3) is 3.88. The molecule has 26 heavy (non-hydrogen) atoms. The van der Waals surface area contributed by atoms with Crippen LogP contribution in [0.15, 0.2) is 36.4 Å². The fraction of sp³-hybridized carbons (Fsp3) is 0.350. The van der Waals surface area contributed by atoms with E-state index in [0.717, 1.165) is 35.8 Å². The molecule has 2 amide bonds. The van der Waals surface area contributed by atoms with E-state index in [1.807, 2.05) is 55.1 Å². The minimum Gasteiger partial charge on any atom is -0.495 e. The molecule has 6 heteroatoms. The molecule has 0 aliphatic carbocycles. The summed E-state index contributed by atoms with van der Waals surface area (Å²) in [4.78, 5) is 16.6. The number of urea groups is 1. The van der Waals surface area contributed by atoms with E-state index in [9.17, 15) is 4.79 Å². The van der Waals surface area contributed by atoms with Crippen molar-refractivity contribution in [3.8, 4) is 5.75 Å². The van der Waals surface area contributed by atoms with Crippen molar-refractivity contribution in [1.29, 1.82) is 0 Å². The number of hydrogen-bond acceptors (Lipinski definition) is 3. The number of aryl methyl sites for hydroxylation is 1. The van der Waals surface area contributed by atoms with Crippen molar-refractivity contribution in [1.82, 2.24) is 4.90 Å². The lowest BCUT2D eigenvalue weighted by molar-refractivity contribution is 0.208. The SMILES string of the molecule is COc1ccc(Cl)cc1N1CCN(C(=O)Nc2cccc(C)c2C)CC1. The molecule has 1 fully saturated rings. The molecule has 1 aliphatic heterocycles. The molecule has 2 aromatic carbocycles. The molecule has 0 unspecified atom stereocenters. The Balaban J connectivity index is 1.64. The number of nitrogens with zero attached hydrogens (tertiary/aromatic N) is 2. The number of methoxy groups -OCH3 is 1. The highest BCUT2D eigenvalue weighted by atomic mass is 35.5. The molecule has 1 N–H and O–H groups in total. The number of anilines is 2. The fourth-order valence-electron chi connectivity index (χ4n) is 3.14. The number of rotatable bonds is 3. The Labute approximate surface area is 159 Å². The highest BCUT2D eigenvalue weighted by Crippen LogP contribution is 2.32. The van der Waals surface area contributed by atoms with Crippen molar-refractivity contribution in [2.24, 2.45) is 0 Å². The van der Waals surface area contributed by atoms with Crippen molar-refractivity contribution in [3.05, 3.63) is 52.5 Å². The van der Waals surface area contributed by atoms with E-state index >= 15 is 0 Å². The zero-order valence-corrected chi connectivity index (χ0v) is 16.1. The number of hydrogen-bond donors (Lipinski definition) is 1. The van der Waals surface area contributed by atoms with Gasteiger partial charge in [-0.3, -0.25) is 0 Å². The second-order valence-electron chi connectivity index (χ2n) is 6.47. The molecule has 2 aromatic rings. The molecule has 5 nitrogen and oxygen atoms in total. The monoisotopic (exact) mass is 373 g/mol. The Bertz CT molecular complexity index is 802. The first-order valence-electron chi connectivity index (χ1n) is 8.70. The molecule has 0 atom stereocenters. The summed E-state index contributed by atoms with van der Waals surface area (Å²) in [6, 6.07) is 11.5. The molecule has 0 saturated carbocycles. The minimum absolute atomic E-state index is 0.0589. The third-order valence-electron chi connectivity index (χ3n) is 4.89. The van der Waals surface area contributed by atoms with E-state index in [-0.39, 0.29) is 6.03 Å². The Morgan fingerprint density at radius 3 is 2.54 bits per heavy atom. The van der Waals surface area contributed by atoms with Gasteiger partial charge in [-0.1, -0.05) is 23.7 Å². The molecule has 1 heterocycles. The lowest BCUT2D eigenvalue weighted by atomic mass is 10.1. The highest BCUT2D eigenvalue weighted by molar-refractivity contribution is 6.30. The summed E-state index contributed by atoms with van der Waals surface area (Å²) in [5.41, 5.74) is 4.10. The van der Waals surface area contributed by atoms with Crippen LogP contribution in [0.4, 0.5) is 16.2 Å². The molecule has 0 bridgehead atoms. The normalized spacial score (nSPS) is 14.3. The van der Waals surface area contributed by atoms with E-state index in [2.05, 4.69) is 10.2 Å². The number of halogens is 1. The van der Waals surface area contributed by atoms with Crippen LogP contribution in [0.1, 0.15) is 11.1 Å². The van der Waals surface area contributed by atoms with Crippen LogP contribution in [0.2, 0.25) is 5.02 Å². The summed E-state index contributed by atoms with van der Waals surface area (Å²) in [5.74, 6) is 0.794. The predicted molar refractivity (Wildman–Crippen MR) is 107 cm³/mol. The van der Waals surface area contributed by atoms with Crippen molar-refractivity contribution in [2.75, 3.05) is 43.5 Å². The van der Waals surface area contributed by atoms with E-state index in [1.54, 1.807) is 7.11 Å². The smallest absolute Gasteiger partial charge is 0.321 e. The molecular formula is C20H24ClN3O2. The number of carbonyl (C=O) groups excluding carboxylic acids is 1. The maximum atomic E-state index is 12.6. The van der Waals surface area contributed by atoms with Gasteiger partial charge in [-0.25, -0.2) is 4.79 Å². The summed E-state index contributed by atoms with van der Waals surface area (Å²) >= 11 is 6.13. The average Bonchev–Trinajstić information content (AvgIpc) is 2.65. The van der Waals surface area contributed by atoms with Crippen molar-refractivity contribution in [2.45, 2.75) is 13.8 Å². The Hall–Kier alpha value is -2.40. The van der Waals surface area contributed by atoms with E-state index in [4.69, 9.17) is 16.3 Å². The summed E-state index contributed by atoms with van der Waals surface area (Å²) in [7, 11) is 1.65. The molecule has 3 rings (SSSR count). The first-order valence-corrected chi connectivity index (χ1v) is 9.08. The van der Waals surface area contributed by atoms with Crippen LogP contribution in [0.25, 0.3) is 0 Å².